The minimum Gasteiger partial charge on any atom is -0.462 e. The van der Waals surface area contributed by atoms with Crippen molar-refractivity contribution in [3.63, 3.8) is 0 Å². The number of carbonyl (C=O) groups excluding carboxylic acids is 3. The van der Waals surface area contributed by atoms with Crippen molar-refractivity contribution in [2.75, 3.05) is 26.0 Å². The molecule has 0 saturated carbocycles. The molecule has 0 bridgehead atoms. The molecule has 0 aliphatic heterocycles. The van der Waals surface area contributed by atoms with Crippen molar-refractivity contribution in [1.29, 1.82) is 0 Å². The van der Waals surface area contributed by atoms with Crippen molar-refractivity contribution in [2.45, 2.75) is 20.3 Å². The second-order valence-corrected chi connectivity index (χ2v) is 7.07. The maximum Gasteiger partial charge on any atom is 0.341 e. The zero-order chi connectivity index (χ0) is 19.4. The summed E-state index contributed by atoms with van der Waals surface area (Å²) in [7, 11) is 3.22. The highest BCUT2D eigenvalue weighted by Crippen LogP contribution is 2.35. The van der Waals surface area contributed by atoms with Gasteiger partial charge < -0.3 is 15.0 Å². The molecule has 2 N–H and O–H groups in total. The molecule has 0 radical (unpaired) electrons. The Morgan fingerprint density at radius 3 is 2.62 bits per heavy atom. The van der Waals surface area contributed by atoms with Gasteiger partial charge in [-0.2, -0.15) is 5.10 Å². The summed E-state index contributed by atoms with van der Waals surface area (Å²) in [5.74, 6) is -1.43. The molecule has 2 aromatic rings. The highest BCUT2D eigenvalue weighted by atomic mass is 35.5. The summed E-state index contributed by atoms with van der Waals surface area (Å²) in [5.41, 5.74) is 0.685. The molecule has 0 fully saturated rings. The number of ether oxygens (including phenoxy) is 1. The Hall–Kier alpha value is -2.39. The van der Waals surface area contributed by atoms with E-state index in [1.165, 1.54) is 11.1 Å². The monoisotopic (exact) mass is 398 g/mol. The molecule has 2 rings (SSSR count). The van der Waals surface area contributed by atoms with Gasteiger partial charge in [0, 0.05) is 14.1 Å². The van der Waals surface area contributed by atoms with Gasteiger partial charge in [0.2, 0.25) is 0 Å². The fraction of sp³-hybridized carbons (Fsp3) is 0.375. The van der Waals surface area contributed by atoms with Gasteiger partial charge in [0.15, 0.2) is 0 Å². The number of hydrogen-bond donors (Lipinski definition) is 2. The molecular weight excluding hydrogens is 380 g/mol. The fourth-order valence-electron chi connectivity index (χ4n) is 2.12. The van der Waals surface area contributed by atoms with Crippen molar-refractivity contribution in [2.24, 2.45) is 0 Å². The van der Waals surface area contributed by atoms with Crippen molar-refractivity contribution in [3.05, 3.63) is 32.9 Å². The number of anilines is 1. The lowest BCUT2D eigenvalue weighted by atomic mass is 10.1. The second-order valence-electron chi connectivity index (χ2n) is 5.64. The van der Waals surface area contributed by atoms with Gasteiger partial charge >= 0.3 is 5.97 Å². The first-order chi connectivity index (χ1) is 12.3. The predicted molar refractivity (Wildman–Crippen MR) is 99.2 cm³/mol. The van der Waals surface area contributed by atoms with E-state index in [9.17, 15) is 14.4 Å². The number of hydrogen-bond acceptors (Lipinski definition) is 6. The van der Waals surface area contributed by atoms with E-state index in [1.54, 1.807) is 21.0 Å². The molecule has 0 saturated heterocycles. The molecule has 0 aromatic carbocycles. The van der Waals surface area contributed by atoms with Crippen LogP contribution in [-0.4, -0.2) is 53.6 Å². The summed E-state index contributed by atoms with van der Waals surface area (Å²) in [4.78, 5) is 39.0. The highest BCUT2D eigenvalue weighted by Gasteiger charge is 2.28. The molecule has 10 heteroatoms. The van der Waals surface area contributed by atoms with Crippen LogP contribution in [-0.2, 0) is 4.74 Å². The highest BCUT2D eigenvalue weighted by molar-refractivity contribution is 7.18. The maximum atomic E-state index is 12.4. The van der Waals surface area contributed by atoms with E-state index in [4.69, 9.17) is 16.3 Å². The lowest BCUT2D eigenvalue weighted by Gasteiger charge is -2.09. The first-order valence-corrected chi connectivity index (χ1v) is 8.99. The Bertz CT molecular complexity index is 843. The number of H-pyrrole nitrogens is 1. The molecule has 26 heavy (non-hydrogen) atoms. The SMILES string of the molecule is CCCOC(=O)c1c(NC(=O)c2[nH]ncc2Cl)sc(C(=O)N(C)C)c1C. The van der Waals surface area contributed by atoms with E-state index in [1.807, 2.05) is 6.92 Å². The van der Waals surface area contributed by atoms with Gasteiger partial charge in [-0.1, -0.05) is 18.5 Å². The zero-order valence-corrected chi connectivity index (χ0v) is 16.4. The average molecular weight is 399 g/mol. The van der Waals surface area contributed by atoms with Crippen molar-refractivity contribution in [1.82, 2.24) is 15.1 Å². The van der Waals surface area contributed by atoms with Crippen LogP contribution < -0.4 is 5.32 Å². The standard InChI is InChI=1S/C16H19ClN4O4S/c1-5-6-25-16(24)10-8(2)12(15(23)21(3)4)26-14(10)19-13(22)11-9(17)7-18-20-11/h7H,5-6H2,1-4H3,(H,18,20)(H,19,22). The van der Waals surface area contributed by atoms with Gasteiger partial charge in [-0.25, -0.2) is 4.79 Å². The van der Waals surface area contributed by atoms with Crippen LogP contribution in [0.5, 0.6) is 0 Å². The van der Waals surface area contributed by atoms with E-state index in [0.717, 1.165) is 11.3 Å². The van der Waals surface area contributed by atoms with Gasteiger partial charge in [-0.05, 0) is 18.9 Å². The van der Waals surface area contributed by atoms with Crippen LogP contribution in [0.2, 0.25) is 5.02 Å². The minimum absolute atomic E-state index is 0.0612. The normalized spacial score (nSPS) is 10.5. The third-order valence-electron chi connectivity index (χ3n) is 3.44. The largest absolute Gasteiger partial charge is 0.462 e. The number of carbonyl (C=O) groups is 3. The lowest BCUT2D eigenvalue weighted by molar-refractivity contribution is 0.0506. The topological polar surface area (TPSA) is 104 Å². The smallest absolute Gasteiger partial charge is 0.341 e. The molecule has 0 aliphatic rings. The molecule has 0 atom stereocenters. The van der Waals surface area contributed by atoms with Crippen LogP contribution in [0.3, 0.4) is 0 Å². The average Bonchev–Trinajstić information content (AvgIpc) is 3.15. The summed E-state index contributed by atoms with van der Waals surface area (Å²) in [6.07, 6.45) is 1.96. The number of esters is 1. The summed E-state index contributed by atoms with van der Waals surface area (Å²) >= 11 is 6.91. The Labute approximate surface area is 159 Å². The summed E-state index contributed by atoms with van der Waals surface area (Å²) < 4.78 is 5.19. The Kier molecular flexibility index (Phi) is 6.38. The zero-order valence-electron chi connectivity index (χ0n) is 14.8. The molecule has 8 nitrogen and oxygen atoms in total. The summed E-state index contributed by atoms with van der Waals surface area (Å²) in [6.45, 7) is 3.76. The van der Waals surface area contributed by atoms with Crippen LogP contribution in [0.4, 0.5) is 5.00 Å². The quantitative estimate of drug-likeness (QED) is 0.728. The van der Waals surface area contributed by atoms with E-state index in [0.29, 0.717) is 16.9 Å². The number of aromatic amines is 1. The van der Waals surface area contributed by atoms with Crippen LogP contribution in [0.1, 0.15) is 49.4 Å². The Morgan fingerprint density at radius 1 is 1.38 bits per heavy atom. The van der Waals surface area contributed by atoms with Gasteiger partial charge in [-0.3, -0.25) is 14.7 Å². The van der Waals surface area contributed by atoms with E-state index < -0.39 is 11.9 Å². The van der Waals surface area contributed by atoms with Crippen LogP contribution >= 0.6 is 22.9 Å². The van der Waals surface area contributed by atoms with E-state index in [2.05, 4.69) is 15.5 Å². The van der Waals surface area contributed by atoms with Gasteiger partial charge in [-0.15, -0.1) is 11.3 Å². The first kappa shape index (κ1) is 19.9. The second kappa shape index (κ2) is 8.33. The molecule has 2 amide bonds. The van der Waals surface area contributed by atoms with E-state index >= 15 is 0 Å². The molecule has 0 unspecified atom stereocenters. The number of aromatic nitrogens is 2. The van der Waals surface area contributed by atoms with Crippen molar-refractivity contribution < 1.29 is 19.1 Å². The van der Waals surface area contributed by atoms with Gasteiger partial charge in [0.1, 0.15) is 10.7 Å². The third-order valence-corrected chi connectivity index (χ3v) is 4.92. The Morgan fingerprint density at radius 2 is 2.08 bits per heavy atom. The van der Waals surface area contributed by atoms with Crippen LogP contribution in [0, 0.1) is 6.92 Å². The minimum atomic E-state index is -0.593. The molecule has 0 aliphatic carbocycles. The number of amides is 2. The first-order valence-electron chi connectivity index (χ1n) is 7.80. The number of halogens is 1. The van der Waals surface area contributed by atoms with Crippen molar-refractivity contribution in [3.8, 4) is 0 Å². The summed E-state index contributed by atoms with van der Waals surface area (Å²) in [5, 5.41) is 9.17. The van der Waals surface area contributed by atoms with Crippen LogP contribution in [0.25, 0.3) is 0 Å². The third kappa shape index (κ3) is 4.05. The molecule has 140 valence electrons. The lowest BCUT2D eigenvalue weighted by Crippen LogP contribution is -2.21. The molecule has 0 spiro atoms. The number of thiophene rings is 1. The van der Waals surface area contributed by atoms with Crippen LogP contribution in [0.15, 0.2) is 6.20 Å². The number of rotatable bonds is 6. The van der Waals surface area contributed by atoms with E-state index in [-0.39, 0.29) is 33.8 Å². The summed E-state index contributed by atoms with van der Waals surface area (Å²) in [6, 6.07) is 0. The maximum absolute atomic E-state index is 12.4. The molecule has 2 aromatic heterocycles. The number of nitrogens with zero attached hydrogens (tertiary/aromatic N) is 2. The number of nitrogens with one attached hydrogen (secondary N) is 2. The fourth-order valence-corrected chi connectivity index (χ4v) is 3.51. The molecule has 2 heterocycles. The molecular formula is C16H19ClN4O4S. The van der Waals surface area contributed by atoms with Gasteiger partial charge in [0.05, 0.1) is 28.3 Å². The Balaban J connectivity index is 2.43. The predicted octanol–water partition coefficient (Wildman–Crippen LogP) is 2.95. The van der Waals surface area contributed by atoms with Gasteiger partial charge in [0.25, 0.3) is 11.8 Å². The van der Waals surface area contributed by atoms with Crippen molar-refractivity contribution >= 4 is 45.7 Å².